The SMILES string of the molecule is c1ccc(-c2cc(-c3ccc(-c4ccc(-c5cnc6c(ccc7cccnc76)c5)cc4)cc3)nc(-c3ccccc3)n2)cc1. The smallest absolute Gasteiger partial charge is 0.160 e. The van der Waals surface area contributed by atoms with Gasteiger partial charge in [-0.25, -0.2) is 9.97 Å². The molecule has 0 aliphatic carbocycles. The first-order chi connectivity index (χ1) is 21.8. The van der Waals surface area contributed by atoms with Gasteiger partial charge in [0.05, 0.1) is 22.4 Å². The van der Waals surface area contributed by atoms with E-state index in [1.54, 1.807) is 0 Å². The van der Waals surface area contributed by atoms with E-state index >= 15 is 0 Å². The Hall–Kier alpha value is -6.00. The number of pyridine rings is 2. The van der Waals surface area contributed by atoms with Gasteiger partial charge in [0.15, 0.2) is 5.82 Å². The van der Waals surface area contributed by atoms with Crippen molar-refractivity contribution in [3.8, 4) is 56.2 Å². The van der Waals surface area contributed by atoms with Crippen LogP contribution < -0.4 is 0 Å². The third-order valence-electron chi connectivity index (χ3n) is 7.98. The molecule has 5 aromatic carbocycles. The highest BCUT2D eigenvalue weighted by Gasteiger charge is 2.11. The zero-order valence-corrected chi connectivity index (χ0v) is 23.8. The van der Waals surface area contributed by atoms with E-state index in [0.717, 1.165) is 72.1 Å². The highest BCUT2D eigenvalue weighted by atomic mass is 14.9. The molecule has 0 fully saturated rings. The van der Waals surface area contributed by atoms with Crippen LogP contribution in [0.3, 0.4) is 0 Å². The molecule has 8 aromatic rings. The van der Waals surface area contributed by atoms with Gasteiger partial charge in [-0.15, -0.1) is 0 Å². The van der Waals surface area contributed by atoms with Gasteiger partial charge in [-0.2, -0.15) is 0 Å². The Kier molecular flexibility index (Phi) is 6.43. The fraction of sp³-hybridized carbons (Fsp3) is 0. The van der Waals surface area contributed by atoms with E-state index in [-0.39, 0.29) is 0 Å². The summed E-state index contributed by atoms with van der Waals surface area (Å²) in [6, 6.07) is 50.2. The van der Waals surface area contributed by atoms with Crippen molar-refractivity contribution in [1.29, 1.82) is 0 Å². The zero-order chi connectivity index (χ0) is 29.3. The highest BCUT2D eigenvalue weighted by molar-refractivity contribution is 6.03. The van der Waals surface area contributed by atoms with Crippen LogP contribution in [0, 0.1) is 0 Å². The first-order valence-electron chi connectivity index (χ1n) is 14.6. The second-order valence-electron chi connectivity index (χ2n) is 10.8. The molecule has 0 saturated heterocycles. The van der Waals surface area contributed by atoms with E-state index < -0.39 is 0 Å². The number of aromatic nitrogens is 4. The molecule has 0 aliphatic heterocycles. The van der Waals surface area contributed by atoms with Crippen LogP contribution in [0.2, 0.25) is 0 Å². The van der Waals surface area contributed by atoms with Gasteiger partial charge in [0.2, 0.25) is 0 Å². The predicted molar refractivity (Wildman–Crippen MR) is 180 cm³/mol. The third kappa shape index (κ3) is 4.89. The van der Waals surface area contributed by atoms with Crippen molar-refractivity contribution >= 4 is 21.8 Å². The van der Waals surface area contributed by atoms with Crippen molar-refractivity contribution in [2.24, 2.45) is 0 Å². The maximum Gasteiger partial charge on any atom is 0.160 e. The molecule has 0 atom stereocenters. The Morgan fingerprint density at radius 1 is 0.341 bits per heavy atom. The number of hydrogen-bond acceptors (Lipinski definition) is 4. The Morgan fingerprint density at radius 3 is 1.52 bits per heavy atom. The normalized spacial score (nSPS) is 11.2. The number of benzene rings is 5. The summed E-state index contributed by atoms with van der Waals surface area (Å²) >= 11 is 0. The van der Waals surface area contributed by atoms with Gasteiger partial charge in [0, 0.05) is 45.4 Å². The van der Waals surface area contributed by atoms with Gasteiger partial charge in [0.25, 0.3) is 0 Å². The number of fused-ring (bicyclic) bond motifs is 3. The largest absolute Gasteiger partial charge is 0.254 e. The number of rotatable bonds is 5. The summed E-state index contributed by atoms with van der Waals surface area (Å²) in [6.07, 6.45) is 3.76. The quantitative estimate of drug-likeness (QED) is 0.196. The van der Waals surface area contributed by atoms with Crippen LogP contribution in [0.4, 0.5) is 0 Å². The minimum atomic E-state index is 0.717. The Morgan fingerprint density at radius 2 is 0.864 bits per heavy atom. The van der Waals surface area contributed by atoms with E-state index in [1.807, 2.05) is 67.0 Å². The Bertz CT molecular complexity index is 2190. The minimum absolute atomic E-state index is 0.717. The molecule has 3 heterocycles. The first kappa shape index (κ1) is 25.7. The summed E-state index contributed by atoms with van der Waals surface area (Å²) in [4.78, 5) is 19.2. The third-order valence-corrected chi connectivity index (χ3v) is 7.98. The molecule has 0 amide bonds. The van der Waals surface area contributed by atoms with E-state index in [4.69, 9.17) is 15.0 Å². The summed E-state index contributed by atoms with van der Waals surface area (Å²) in [5.74, 6) is 0.717. The van der Waals surface area contributed by atoms with E-state index in [2.05, 4.69) is 96.0 Å². The highest BCUT2D eigenvalue weighted by Crippen LogP contribution is 2.31. The summed E-state index contributed by atoms with van der Waals surface area (Å²) in [7, 11) is 0. The second-order valence-corrected chi connectivity index (χ2v) is 10.8. The predicted octanol–water partition coefficient (Wildman–Crippen LogP) is 9.91. The number of nitrogens with zero attached hydrogens (tertiary/aromatic N) is 4. The summed E-state index contributed by atoms with van der Waals surface area (Å²) < 4.78 is 0. The van der Waals surface area contributed by atoms with Crippen LogP contribution in [0.5, 0.6) is 0 Å². The molecule has 4 nitrogen and oxygen atoms in total. The second kappa shape index (κ2) is 11.0. The molecule has 0 aliphatic rings. The van der Waals surface area contributed by atoms with Crippen molar-refractivity contribution in [2.75, 3.05) is 0 Å². The molecule has 0 radical (unpaired) electrons. The molecule has 0 spiro atoms. The Balaban J connectivity index is 1.09. The fourth-order valence-electron chi connectivity index (χ4n) is 5.65. The maximum atomic E-state index is 4.96. The monoisotopic (exact) mass is 562 g/mol. The van der Waals surface area contributed by atoms with Crippen molar-refractivity contribution in [2.45, 2.75) is 0 Å². The number of hydrogen-bond donors (Lipinski definition) is 0. The first-order valence-corrected chi connectivity index (χ1v) is 14.6. The molecule has 8 rings (SSSR count). The lowest BCUT2D eigenvalue weighted by molar-refractivity contribution is 1.18. The standard InChI is InChI=1S/C40H26N4/c1-3-8-30(9-4-1)36-25-37(44-40(43-36)33-10-5-2-6-11-33)31-19-17-28(18-20-31)27-13-15-29(16-14-27)35-24-34-22-21-32-12-7-23-41-38(32)39(34)42-26-35/h1-26H. The lowest BCUT2D eigenvalue weighted by Gasteiger charge is -2.10. The zero-order valence-electron chi connectivity index (χ0n) is 23.8. The van der Waals surface area contributed by atoms with Crippen LogP contribution in [0.15, 0.2) is 158 Å². The van der Waals surface area contributed by atoms with E-state index in [0.29, 0.717) is 5.82 Å². The average Bonchev–Trinajstić information content (AvgIpc) is 3.12. The lowest BCUT2D eigenvalue weighted by Crippen LogP contribution is -1.95. The summed E-state index contributed by atoms with van der Waals surface area (Å²) in [5, 5.41) is 2.19. The van der Waals surface area contributed by atoms with Crippen LogP contribution in [-0.4, -0.2) is 19.9 Å². The van der Waals surface area contributed by atoms with Crippen LogP contribution in [0.1, 0.15) is 0 Å². The fourth-order valence-corrected chi connectivity index (χ4v) is 5.65. The summed E-state index contributed by atoms with van der Waals surface area (Å²) in [5.41, 5.74) is 11.3. The van der Waals surface area contributed by atoms with Crippen LogP contribution in [0.25, 0.3) is 78.0 Å². The van der Waals surface area contributed by atoms with Crippen molar-refractivity contribution in [3.63, 3.8) is 0 Å². The molecule has 0 N–H and O–H groups in total. The van der Waals surface area contributed by atoms with Crippen molar-refractivity contribution < 1.29 is 0 Å². The topological polar surface area (TPSA) is 51.6 Å². The van der Waals surface area contributed by atoms with Crippen LogP contribution >= 0.6 is 0 Å². The molecule has 0 saturated carbocycles. The van der Waals surface area contributed by atoms with Gasteiger partial charge in [-0.1, -0.05) is 127 Å². The van der Waals surface area contributed by atoms with Gasteiger partial charge < -0.3 is 0 Å². The lowest BCUT2D eigenvalue weighted by atomic mass is 9.98. The molecule has 3 aromatic heterocycles. The Labute approximate surface area is 255 Å². The maximum absolute atomic E-state index is 4.96. The van der Waals surface area contributed by atoms with E-state index in [1.165, 1.54) is 0 Å². The van der Waals surface area contributed by atoms with Crippen molar-refractivity contribution in [3.05, 3.63) is 158 Å². The molecular formula is C40H26N4. The molecule has 206 valence electrons. The molecule has 4 heteroatoms. The summed E-state index contributed by atoms with van der Waals surface area (Å²) in [6.45, 7) is 0. The molecule has 44 heavy (non-hydrogen) atoms. The van der Waals surface area contributed by atoms with Crippen LogP contribution in [-0.2, 0) is 0 Å². The molecule has 0 bridgehead atoms. The van der Waals surface area contributed by atoms with Gasteiger partial charge >= 0.3 is 0 Å². The average molecular weight is 563 g/mol. The minimum Gasteiger partial charge on any atom is -0.254 e. The molecule has 0 unspecified atom stereocenters. The van der Waals surface area contributed by atoms with E-state index in [9.17, 15) is 0 Å². The van der Waals surface area contributed by atoms with Crippen molar-refractivity contribution in [1.82, 2.24) is 19.9 Å². The van der Waals surface area contributed by atoms with Gasteiger partial charge in [-0.05, 0) is 34.9 Å². The molecular weight excluding hydrogens is 536 g/mol. The van der Waals surface area contributed by atoms with Gasteiger partial charge in [-0.3, -0.25) is 9.97 Å². The van der Waals surface area contributed by atoms with Gasteiger partial charge in [0.1, 0.15) is 0 Å².